The fraction of sp³-hybridized carbons (Fsp3) is 0.409. The van der Waals surface area contributed by atoms with Crippen LogP contribution < -0.4 is 9.47 Å². The molecule has 1 saturated heterocycles. The summed E-state index contributed by atoms with van der Waals surface area (Å²) >= 11 is 0. The highest BCUT2D eigenvalue weighted by molar-refractivity contribution is 6.02. The molecule has 0 radical (unpaired) electrons. The number of likely N-dealkylation sites (tertiary alicyclic amines) is 1. The second-order valence-corrected chi connectivity index (χ2v) is 7.41. The van der Waals surface area contributed by atoms with E-state index in [-0.39, 0.29) is 11.7 Å². The first-order valence-electron chi connectivity index (χ1n) is 9.23. The van der Waals surface area contributed by atoms with Crippen LogP contribution >= 0.6 is 0 Å². The summed E-state index contributed by atoms with van der Waals surface area (Å²) in [6.07, 6.45) is 1.80. The Kier molecular flexibility index (Phi) is 4.68. The van der Waals surface area contributed by atoms with E-state index in [1.165, 1.54) is 5.56 Å². The fourth-order valence-corrected chi connectivity index (χ4v) is 4.29. The predicted octanol–water partition coefficient (Wildman–Crippen LogP) is 3.58. The standard InChI is InChI=1S/C22H25NO3/c1-25-20-10-17-9-18(22(24)19(17)11-21(20)26-2)8-16-13-23(14-16)12-15-6-4-3-5-7-15/h3-7,10-11,16,18H,8-9,12-14H2,1-2H3. The maximum atomic E-state index is 12.8. The molecule has 2 aromatic carbocycles. The van der Waals surface area contributed by atoms with Gasteiger partial charge in [-0.3, -0.25) is 9.69 Å². The van der Waals surface area contributed by atoms with Gasteiger partial charge in [-0.2, -0.15) is 0 Å². The van der Waals surface area contributed by atoms with Crippen LogP contribution in [-0.4, -0.2) is 38.0 Å². The van der Waals surface area contributed by atoms with Gasteiger partial charge in [0.15, 0.2) is 17.3 Å². The summed E-state index contributed by atoms with van der Waals surface area (Å²) < 4.78 is 10.7. The summed E-state index contributed by atoms with van der Waals surface area (Å²) in [7, 11) is 3.24. The first kappa shape index (κ1) is 17.1. The number of hydrogen-bond acceptors (Lipinski definition) is 4. The molecule has 2 aromatic rings. The molecule has 0 spiro atoms. The van der Waals surface area contributed by atoms with Crippen LogP contribution in [0.3, 0.4) is 0 Å². The SMILES string of the molecule is COc1cc2c(cc1OC)C(=O)C(CC1CN(Cc3ccccc3)C1)C2. The molecule has 1 atom stereocenters. The van der Waals surface area contributed by atoms with E-state index in [1.54, 1.807) is 14.2 Å². The lowest BCUT2D eigenvalue weighted by Crippen LogP contribution is -2.46. The second kappa shape index (κ2) is 7.12. The van der Waals surface area contributed by atoms with Crippen LogP contribution in [0, 0.1) is 11.8 Å². The van der Waals surface area contributed by atoms with E-state index in [9.17, 15) is 4.79 Å². The van der Waals surface area contributed by atoms with E-state index < -0.39 is 0 Å². The van der Waals surface area contributed by atoms with Crippen molar-refractivity contribution in [3.63, 3.8) is 0 Å². The summed E-state index contributed by atoms with van der Waals surface area (Å²) in [6.45, 7) is 3.17. The minimum absolute atomic E-state index is 0.102. The highest BCUT2D eigenvalue weighted by atomic mass is 16.5. The Balaban J connectivity index is 1.35. The van der Waals surface area contributed by atoms with E-state index in [0.29, 0.717) is 17.4 Å². The lowest BCUT2D eigenvalue weighted by molar-refractivity contribution is 0.0667. The lowest BCUT2D eigenvalue weighted by atomic mass is 9.86. The Bertz CT molecular complexity index is 797. The number of benzene rings is 2. The third kappa shape index (κ3) is 3.21. The van der Waals surface area contributed by atoms with Crippen molar-refractivity contribution in [2.24, 2.45) is 11.8 Å². The van der Waals surface area contributed by atoms with Gasteiger partial charge in [0.2, 0.25) is 0 Å². The van der Waals surface area contributed by atoms with Crippen molar-refractivity contribution in [1.29, 1.82) is 0 Å². The van der Waals surface area contributed by atoms with Crippen LogP contribution in [-0.2, 0) is 13.0 Å². The fourth-order valence-electron chi connectivity index (χ4n) is 4.29. The number of fused-ring (bicyclic) bond motifs is 1. The Morgan fingerprint density at radius 3 is 2.42 bits per heavy atom. The van der Waals surface area contributed by atoms with Gasteiger partial charge < -0.3 is 9.47 Å². The number of ketones is 1. The number of carbonyl (C=O) groups excluding carboxylic acids is 1. The van der Waals surface area contributed by atoms with Gasteiger partial charge in [-0.25, -0.2) is 0 Å². The average Bonchev–Trinajstić information content (AvgIpc) is 2.94. The molecule has 4 rings (SSSR count). The monoisotopic (exact) mass is 351 g/mol. The van der Waals surface area contributed by atoms with Crippen molar-refractivity contribution < 1.29 is 14.3 Å². The van der Waals surface area contributed by atoms with Crippen molar-refractivity contribution in [1.82, 2.24) is 4.90 Å². The van der Waals surface area contributed by atoms with Crippen LogP contribution in [0.5, 0.6) is 11.5 Å². The number of rotatable bonds is 6. The second-order valence-electron chi connectivity index (χ2n) is 7.41. The first-order valence-corrected chi connectivity index (χ1v) is 9.23. The highest BCUT2D eigenvalue weighted by Gasteiger charge is 2.36. The zero-order chi connectivity index (χ0) is 18.1. The number of nitrogens with zero attached hydrogens (tertiary/aromatic N) is 1. The first-order chi connectivity index (χ1) is 12.7. The van der Waals surface area contributed by atoms with Crippen LogP contribution in [0.2, 0.25) is 0 Å². The Morgan fingerprint density at radius 1 is 1.04 bits per heavy atom. The number of carbonyl (C=O) groups is 1. The van der Waals surface area contributed by atoms with Crippen LogP contribution in [0.4, 0.5) is 0 Å². The highest BCUT2D eigenvalue weighted by Crippen LogP contribution is 2.39. The zero-order valence-electron chi connectivity index (χ0n) is 15.4. The van der Waals surface area contributed by atoms with Gasteiger partial charge in [-0.15, -0.1) is 0 Å². The summed E-state index contributed by atoms with van der Waals surface area (Å²) in [5.74, 6) is 2.33. The van der Waals surface area contributed by atoms with Gasteiger partial charge in [0.05, 0.1) is 14.2 Å². The molecule has 1 fully saturated rings. The molecule has 0 aromatic heterocycles. The van der Waals surface area contributed by atoms with Crippen molar-refractivity contribution in [3.05, 3.63) is 59.2 Å². The van der Waals surface area contributed by atoms with Crippen LogP contribution in [0.15, 0.2) is 42.5 Å². The molecule has 1 heterocycles. The summed E-state index contributed by atoms with van der Waals surface area (Å²) in [5, 5.41) is 0. The predicted molar refractivity (Wildman–Crippen MR) is 101 cm³/mol. The minimum Gasteiger partial charge on any atom is -0.493 e. The maximum Gasteiger partial charge on any atom is 0.166 e. The molecule has 1 unspecified atom stereocenters. The van der Waals surface area contributed by atoms with E-state index in [2.05, 4.69) is 35.2 Å². The van der Waals surface area contributed by atoms with Crippen LogP contribution in [0.25, 0.3) is 0 Å². The van der Waals surface area contributed by atoms with Gasteiger partial charge in [0.1, 0.15) is 0 Å². The maximum absolute atomic E-state index is 12.8. The van der Waals surface area contributed by atoms with Gasteiger partial charge >= 0.3 is 0 Å². The largest absolute Gasteiger partial charge is 0.493 e. The Morgan fingerprint density at radius 2 is 1.73 bits per heavy atom. The number of hydrogen-bond donors (Lipinski definition) is 0. The van der Waals surface area contributed by atoms with Crippen molar-refractivity contribution in [2.45, 2.75) is 19.4 Å². The molecule has 2 aliphatic rings. The van der Waals surface area contributed by atoms with Gasteiger partial charge in [-0.05, 0) is 42.0 Å². The van der Waals surface area contributed by atoms with Crippen molar-refractivity contribution in [3.8, 4) is 11.5 Å². The third-order valence-electron chi connectivity index (χ3n) is 5.61. The molecule has 0 bridgehead atoms. The smallest absolute Gasteiger partial charge is 0.166 e. The molecule has 1 aliphatic heterocycles. The third-order valence-corrected chi connectivity index (χ3v) is 5.61. The number of ether oxygens (including phenoxy) is 2. The molecule has 0 amide bonds. The summed E-state index contributed by atoms with van der Waals surface area (Å²) in [4.78, 5) is 15.3. The zero-order valence-corrected chi connectivity index (χ0v) is 15.4. The van der Waals surface area contributed by atoms with E-state index >= 15 is 0 Å². The number of Topliss-reactive ketones (excluding diaryl/α,β-unsaturated/α-hetero) is 1. The Labute approximate surface area is 154 Å². The molecule has 136 valence electrons. The quantitative estimate of drug-likeness (QED) is 0.797. The summed E-state index contributed by atoms with van der Waals surface area (Å²) in [5.41, 5.74) is 3.26. The van der Waals surface area contributed by atoms with E-state index in [0.717, 1.165) is 43.6 Å². The molecule has 4 heteroatoms. The topological polar surface area (TPSA) is 38.8 Å². The molecule has 0 N–H and O–H groups in total. The molecule has 26 heavy (non-hydrogen) atoms. The van der Waals surface area contributed by atoms with Gasteiger partial charge in [0.25, 0.3) is 0 Å². The molecule has 1 aliphatic carbocycles. The molecule has 4 nitrogen and oxygen atoms in total. The molecular weight excluding hydrogens is 326 g/mol. The van der Waals surface area contributed by atoms with E-state index in [4.69, 9.17) is 9.47 Å². The molecule has 0 saturated carbocycles. The summed E-state index contributed by atoms with van der Waals surface area (Å²) in [6, 6.07) is 14.4. The van der Waals surface area contributed by atoms with Crippen LogP contribution in [0.1, 0.15) is 27.9 Å². The van der Waals surface area contributed by atoms with Crippen molar-refractivity contribution in [2.75, 3.05) is 27.3 Å². The normalized spacial score (nSPS) is 19.9. The average molecular weight is 351 g/mol. The van der Waals surface area contributed by atoms with E-state index in [1.807, 2.05) is 12.1 Å². The van der Waals surface area contributed by atoms with Gasteiger partial charge in [-0.1, -0.05) is 30.3 Å². The number of methoxy groups -OCH3 is 2. The van der Waals surface area contributed by atoms with Crippen molar-refractivity contribution >= 4 is 5.78 Å². The lowest BCUT2D eigenvalue weighted by Gasteiger charge is -2.40. The minimum atomic E-state index is 0.102. The Hall–Kier alpha value is -2.33. The van der Waals surface area contributed by atoms with Gasteiger partial charge in [0, 0.05) is 31.1 Å². The molecular formula is C22H25NO3.